The highest BCUT2D eigenvalue weighted by Gasteiger charge is 2.19. The summed E-state index contributed by atoms with van der Waals surface area (Å²) in [6.45, 7) is -1.11. The summed E-state index contributed by atoms with van der Waals surface area (Å²) in [7, 11) is 0. The molecule has 0 saturated carbocycles. The van der Waals surface area contributed by atoms with Crippen molar-refractivity contribution in [2.24, 2.45) is 0 Å². The number of amides is 1. The molecular formula is C12H13BrFNO3S. The first kappa shape index (κ1) is 16.0. The summed E-state index contributed by atoms with van der Waals surface area (Å²) in [4.78, 5) is 22.9. The molecular weight excluding hydrogens is 337 g/mol. The summed E-state index contributed by atoms with van der Waals surface area (Å²) < 4.78 is 13.3. The van der Waals surface area contributed by atoms with Gasteiger partial charge in [0.25, 0.3) is 0 Å². The maximum Gasteiger partial charge on any atom is 0.328 e. The smallest absolute Gasteiger partial charge is 0.328 e. The van der Waals surface area contributed by atoms with E-state index in [1.807, 2.05) is 24.3 Å². The van der Waals surface area contributed by atoms with Gasteiger partial charge in [-0.25, -0.2) is 9.18 Å². The molecule has 1 rings (SSSR count). The van der Waals surface area contributed by atoms with E-state index in [4.69, 9.17) is 5.11 Å². The van der Waals surface area contributed by atoms with Gasteiger partial charge in [0, 0.05) is 21.5 Å². The molecule has 0 spiro atoms. The molecule has 0 aromatic heterocycles. The van der Waals surface area contributed by atoms with Gasteiger partial charge < -0.3 is 10.4 Å². The van der Waals surface area contributed by atoms with Crippen LogP contribution < -0.4 is 5.32 Å². The van der Waals surface area contributed by atoms with Crippen molar-refractivity contribution in [2.75, 3.05) is 12.4 Å². The van der Waals surface area contributed by atoms with Gasteiger partial charge in [-0.3, -0.25) is 4.79 Å². The highest BCUT2D eigenvalue weighted by Crippen LogP contribution is 2.21. The Bertz CT molecular complexity index is 441. The van der Waals surface area contributed by atoms with E-state index < -0.39 is 24.6 Å². The van der Waals surface area contributed by atoms with E-state index in [0.717, 1.165) is 9.37 Å². The summed E-state index contributed by atoms with van der Waals surface area (Å²) in [5.41, 5.74) is 0. The molecule has 0 bridgehead atoms. The molecule has 1 aromatic carbocycles. The number of benzene rings is 1. The second-order valence-corrected chi connectivity index (χ2v) is 5.75. The van der Waals surface area contributed by atoms with Crippen LogP contribution in [-0.2, 0) is 9.59 Å². The third kappa shape index (κ3) is 6.07. The number of nitrogens with one attached hydrogen (secondary N) is 1. The van der Waals surface area contributed by atoms with Crippen LogP contribution in [0, 0.1) is 0 Å². The van der Waals surface area contributed by atoms with E-state index in [2.05, 4.69) is 21.2 Å². The van der Waals surface area contributed by atoms with Gasteiger partial charge in [-0.05, 0) is 24.3 Å². The standard InChI is InChI=1S/C12H13BrFNO3S/c13-8-1-3-9(4-2-8)19-6-5-11(16)15-10(7-14)12(17)18/h1-4,10H,5-7H2,(H,15,16)(H,17,18). The molecule has 0 radical (unpaired) electrons. The summed E-state index contributed by atoms with van der Waals surface area (Å²) in [5, 5.41) is 10.7. The van der Waals surface area contributed by atoms with E-state index in [0.29, 0.717) is 5.75 Å². The fourth-order valence-corrected chi connectivity index (χ4v) is 2.34. The van der Waals surface area contributed by atoms with Gasteiger partial charge in [0.05, 0.1) is 0 Å². The molecule has 7 heteroatoms. The monoisotopic (exact) mass is 349 g/mol. The van der Waals surface area contributed by atoms with Crippen LogP contribution >= 0.6 is 27.7 Å². The Morgan fingerprint density at radius 2 is 2.00 bits per heavy atom. The molecule has 0 fully saturated rings. The van der Waals surface area contributed by atoms with E-state index in [1.54, 1.807) is 0 Å². The molecule has 0 aliphatic rings. The average Bonchev–Trinajstić information content (AvgIpc) is 2.38. The Kier molecular flexibility index (Phi) is 6.86. The number of aliphatic carboxylic acids is 1. The maximum absolute atomic E-state index is 12.3. The Morgan fingerprint density at radius 1 is 1.37 bits per heavy atom. The van der Waals surface area contributed by atoms with Gasteiger partial charge in [-0.2, -0.15) is 0 Å². The molecule has 104 valence electrons. The summed E-state index contributed by atoms with van der Waals surface area (Å²) in [6, 6.07) is 6.16. The number of carbonyl (C=O) groups excluding carboxylic acids is 1. The zero-order valence-corrected chi connectivity index (χ0v) is 12.3. The van der Waals surface area contributed by atoms with E-state index in [9.17, 15) is 14.0 Å². The topological polar surface area (TPSA) is 66.4 Å². The predicted octanol–water partition coefficient (Wildman–Crippen LogP) is 2.47. The molecule has 19 heavy (non-hydrogen) atoms. The number of rotatable bonds is 7. The molecule has 0 aliphatic heterocycles. The normalized spacial score (nSPS) is 11.9. The average molecular weight is 350 g/mol. The van der Waals surface area contributed by atoms with Crippen molar-refractivity contribution in [2.45, 2.75) is 17.4 Å². The van der Waals surface area contributed by atoms with Crippen molar-refractivity contribution >= 4 is 39.6 Å². The third-order valence-electron chi connectivity index (χ3n) is 2.20. The second-order valence-electron chi connectivity index (χ2n) is 3.67. The van der Waals surface area contributed by atoms with Crippen molar-refractivity contribution in [3.63, 3.8) is 0 Å². The minimum Gasteiger partial charge on any atom is -0.480 e. The lowest BCUT2D eigenvalue weighted by Gasteiger charge is -2.10. The number of halogens is 2. The Balaban J connectivity index is 2.30. The van der Waals surface area contributed by atoms with Gasteiger partial charge >= 0.3 is 5.97 Å². The number of carboxylic acids is 1. The fraction of sp³-hybridized carbons (Fsp3) is 0.333. The van der Waals surface area contributed by atoms with Crippen molar-refractivity contribution < 1.29 is 19.1 Å². The van der Waals surface area contributed by atoms with Crippen molar-refractivity contribution in [3.8, 4) is 0 Å². The van der Waals surface area contributed by atoms with Gasteiger partial charge in [0.1, 0.15) is 6.67 Å². The molecule has 2 N–H and O–H groups in total. The lowest BCUT2D eigenvalue weighted by Crippen LogP contribution is -2.42. The molecule has 0 saturated heterocycles. The van der Waals surface area contributed by atoms with Crippen LogP contribution in [0.3, 0.4) is 0 Å². The van der Waals surface area contributed by atoms with Crippen LogP contribution in [0.15, 0.2) is 33.6 Å². The van der Waals surface area contributed by atoms with Crippen LogP contribution in [0.2, 0.25) is 0 Å². The third-order valence-corrected chi connectivity index (χ3v) is 3.74. The molecule has 4 nitrogen and oxygen atoms in total. The molecule has 1 aromatic rings. The number of hydrogen-bond donors (Lipinski definition) is 2. The van der Waals surface area contributed by atoms with E-state index in [-0.39, 0.29) is 6.42 Å². The second kappa shape index (κ2) is 8.16. The first-order valence-electron chi connectivity index (χ1n) is 5.49. The fourth-order valence-electron chi connectivity index (χ4n) is 1.23. The number of hydrogen-bond acceptors (Lipinski definition) is 3. The number of carbonyl (C=O) groups is 2. The van der Waals surface area contributed by atoms with E-state index >= 15 is 0 Å². The van der Waals surface area contributed by atoms with Gasteiger partial charge in [0.2, 0.25) is 5.91 Å². The minimum atomic E-state index is -1.45. The summed E-state index contributed by atoms with van der Waals surface area (Å²) in [6.07, 6.45) is 0.143. The molecule has 1 atom stereocenters. The highest BCUT2D eigenvalue weighted by atomic mass is 79.9. The van der Waals surface area contributed by atoms with Gasteiger partial charge in [-0.15, -0.1) is 11.8 Å². The number of thioether (sulfide) groups is 1. The molecule has 0 aliphatic carbocycles. The van der Waals surface area contributed by atoms with Crippen LogP contribution in [0.5, 0.6) is 0 Å². The zero-order chi connectivity index (χ0) is 14.3. The van der Waals surface area contributed by atoms with Gasteiger partial charge in [0.15, 0.2) is 6.04 Å². The molecule has 1 amide bonds. The van der Waals surface area contributed by atoms with Crippen molar-refractivity contribution in [3.05, 3.63) is 28.7 Å². The van der Waals surface area contributed by atoms with Crippen LogP contribution in [0.25, 0.3) is 0 Å². The van der Waals surface area contributed by atoms with Crippen molar-refractivity contribution in [1.29, 1.82) is 0 Å². The minimum absolute atomic E-state index is 0.143. The van der Waals surface area contributed by atoms with Crippen LogP contribution in [-0.4, -0.2) is 35.5 Å². The predicted molar refractivity (Wildman–Crippen MR) is 75.0 cm³/mol. The van der Waals surface area contributed by atoms with E-state index in [1.165, 1.54) is 11.8 Å². The zero-order valence-electron chi connectivity index (χ0n) is 9.94. The Labute approximate surface area is 122 Å². The molecule has 0 heterocycles. The summed E-state index contributed by atoms with van der Waals surface area (Å²) >= 11 is 4.80. The first-order valence-corrected chi connectivity index (χ1v) is 7.27. The quantitative estimate of drug-likeness (QED) is 0.742. The largest absolute Gasteiger partial charge is 0.480 e. The van der Waals surface area contributed by atoms with Gasteiger partial charge in [-0.1, -0.05) is 15.9 Å². The Morgan fingerprint density at radius 3 is 2.53 bits per heavy atom. The maximum atomic E-state index is 12.3. The highest BCUT2D eigenvalue weighted by molar-refractivity contribution is 9.10. The lowest BCUT2D eigenvalue weighted by atomic mass is 10.3. The number of carboxylic acid groups (broad SMARTS) is 1. The van der Waals surface area contributed by atoms with Crippen LogP contribution in [0.4, 0.5) is 4.39 Å². The lowest BCUT2D eigenvalue weighted by molar-refractivity contribution is -0.142. The molecule has 1 unspecified atom stereocenters. The SMILES string of the molecule is O=C(CCSc1ccc(Br)cc1)NC(CF)C(=O)O. The van der Waals surface area contributed by atoms with Crippen molar-refractivity contribution in [1.82, 2.24) is 5.32 Å². The first-order chi connectivity index (χ1) is 9.02. The number of alkyl halides is 1. The van der Waals surface area contributed by atoms with Crippen LogP contribution in [0.1, 0.15) is 6.42 Å². The summed E-state index contributed by atoms with van der Waals surface area (Å²) in [5.74, 6) is -1.32. The Hall–Kier alpha value is -1.08.